The minimum Gasteiger partial charge on any atom is -0.485 e. The molecular formula is C40H38N4O2. The van der Waals surface area contributed by atoms with E-state index in [-0.39, 0.29) is 29.9 Å². The molecule has 6 aliphatic rings. The van der Waals surface area contributed by atoms with Crippen molar-refractivity contribution in [2.75, 3.05) is 0 Å². The van der Waals surface area contributed by atoms with E-state index in [0.29, 0.717) is 11.5 Å². The third kappa shape index (κ3) is 5.43. The van der Waals surface area contributed by atoms with Crippen molar-refractivity contribution in [3.8, 4) is 5.75 Å². The number of fused-ring (bicyclic) bond motifs is 4. The zero-order valence-corrected chi connectivity index (χ0v) is 25.7. The number of nitrogens with one attached hydrogen (secondary N) is 2. The van der Waals surface area contributed by atoms with E-state index in [1.54, 1.807) is 0 Å². The predicted molar refractivity (Wildman–Crippen MR) is 184 cm³/mol. The van der Waals surface area contributed by atoms with E-state index in [9.17, 15) is 0 Å². The standard InChI is InChI=1S/C40H38N4O2/c41-38(46-39(42)30-18-20-32-36(23-30)45-35-21-19-25-10-7-8-17-31(25)37(32)35)29-16-9-15-28(22-29)34-24-33(26-11-3-1-4-12-26)43-40(44-34)27-13-5-2-6-14-27/h1-7,9-11,13-15,18-24,26,29,33,35,37-38,42H,8,12,16-17,41H2,(H,43,44). The van der Waals surface area contributed by atoms with Crippen molar-refractivity contribution >= 4 is 11.7 Å². The summed E-state index contributed by atoms with van der Waals surface area (Å²) in [6.07, 6.45) is 29.3. The molecule has 2 aliphatic heterocycles. The van der Waals surface area contributed by atoms with Gasteiger partial charge in [-0.3, -0.25) is 16.1 Å². The maximum Gasteiger partial charge on any atom is 0.214 e. The van der Waals surface area contributed by atoms with Crippen LogP contribution in [0, 0.1) is 17.2 Å². The Kier molecular flexibility index (Phi) is 7.51. The molecule has 0 saturated carbocycles. The summed E-state index contributed by atoms with van der Waals surface area (Å²) in [4.78, 5) is 5.11. The summed E-state index contributed by atoms with van der Waals surface area (Å²) in [6.45, 7) is 0. The van der Waals surface area contributed by atoms with Crippen LogP contribution in [0.2, 0.25) is 0 Å². The predicted octanol–water partition coefficient (Wildman–Crippen LogP) is 7.31. The van der Waals surface area contributed by atoms with Gasteiger partial charge in [0.1, 0.15) is 17.7 Å². The van der Waals surface area contributed by atoms with Crippen LogP contribution in [0.3, 0.4) is 0 Å². The second-order valence-corrected chi connectivity index (χ2v) is 12.7. The van der Waals surface area contributed by atoms with E-state index in [4.69, 9.17) is 25.6 Å². The molecule has 0 bridgehead atoms. The number of aliphatic imine (C=N–C) groups is 1. The van der Waals surface area contributed by atoms with Gasteiger partial charge in [0, 0.05) is 34.2 Å². The molecular weight excluding hydrogens is 568 g/mol. The second kappa shape index (κ2) is 12.1. The number of rotatable bonds is 6. The average molecular weight is 607 g/mol. The van der Waals surface area contributed by atoms with Crippen molar-refractivity contribution in [2.45, 2.75) is 50.0 Å². The molecule has 0 saturated heterocycles. The second-order valence-electron chi connectivity index (χ2n) is 12.7. The van der Waals surface area contributed by atoms with Crippen LogP contribution in [-0.2, 0) is 4.74 Å². The van der Waals surface area contributed by atoms with Crippen molar-refractivity contribution < 1.29 is 9.47 Å². The highest BCUT2D eigenvalue weighted by atomic mass is 16.5. The fourth-order valence-electron chi connectivity index (χ4n) is 7.31. The zero-order chi connectivity index (χ0) is 31.0. The topological polar surface area (TPSA) is 92.7 Å². The summed E-state index contributed by atoms with van der Waals surface area (Å²) in [5.41, 5.74) is 14.4. The molecule has 6 unspecified atom stereocenters. The van der Waals surface area contributed by atoms with E-state index in [1.807, 2.05) is 30.3 Å². The number of nitrogens with two attached hydrogens (primary N) is 1. The normalized spacial score (nSPS) is 27.8. The molecule has 2 aromatic rings. The van der Waals surface area contributed by atoms with Crippen LogP contribution in [0.5, 0.6) is 5.75 Å². The monoisotopic (exact) mass is 606 g/mol. The molecule has 0 amide bonds. The fourth-order valence-corrected chi connectivity index (χ4v) is 7.31. The molecule has 6 atom stereocenters. The van der Waals surface area contributed by atoms with Crippen LogP contribution in [0.25, 0.3) is 0 Å². The maximum atomic E-state index is 8.82. The molecule has 46 heavy (non-hydrogen) atoms. The van der Waals surface area contributed by atoms with Gasteiger partial charge in [0.2, 0.25) is 5.90 Å². The van der Waals surface area contributed by atoms with Gasteiger partial charge in [-0.1, -0.05) is 103 Å². The van der Waals surface area contributed by atoms with E-state index in [0.717, 1.165) is 54.1 Å². The zero-order valence-electron chi connectivity index (χ0n) is 25.7. The molecule has 6 nitrogen and oxygen atoms in total. The molecule has 0 aromatic heterocycles. The van der Waals surface area contributed by atoms with Crippen LogP contribution in [0.15, 0.2) is 149 Å². The first kappa shape index (κ1) is 28.5. The Hall–Kier alpha value is -4.94. The summed E-state index contributed by atoms with van der Waals surface area (Å²) in [7, 11) is 0. The lowest BCUT2D eigenvalue weighted by Gasteiger charge is -2.29. The Morgan fingerprint density at radius 1 is 0.978 bits per heavy atom. The van der Waals surface area contributed by atoms with Gasteiger partial charge in [-0.15, -0.1) is 0 Å². The Morgan fingerprint density at radius 3 is 2.76 bits per heavy atom. The summed E-state index contributed by atoms with van der Waals surface area (Å²) in [5.74, 6) is 2.19. The lowest BCUT2D eigenvalue weighted by atomic mass is 9.77. The van der Waals surface area contributed by atoms with Crippen molar-refractivity contribution in [3.05, 3.63) is 161 Å². The van der Waals surface area contributed by atoms with Gasteiger partial charge < -0.3 is 14.8 Å². The van der Waals surface area contributed by atoms with Crippen LogP contribution < -0.4 is 15.8 Å². The highest BCUT2D eigenvalue weighted by Gasteiger charge is 2.38. The summed E-state index contributed by atoms with van der Waals surface area (Å²) in [5, 5.41) is 12.4. The highest BCUT2D eigenvalue weighted by molar-refractivity contribution is 6.01. The third-order valence-corrected chi connectivity index (χ3v) is 9.75. The first-order valence-corrected chi connectivity index (χ1v) is 16.3. The SMILES string of the molecule is N=C(OC(N)C1C=C(C2=CC(C3C=CC=CC3)N=C(c3ccccc3)N2)C=CC1)c1ccc2c(c1)OC1C=CC3=C(CCC=C3)C21. The average Bonchev–Trinajstić information content (AvgIpc) is 3.51. The molecule has 8 rings (SSSR count). The molecule has 4 N–H and O–H groups in total. The number of nitrogens with zero attached hydrogens (tertiary/aromatic N) is 1. The molecule has 0 fully saturated rings. The van der Waals surface area contributed by atoms with Gasteiger partial charge in [-0.05, 0) is 61.1 Å². The Labute approximate surface area is 270 Å². The molecule has 4 aliphatic carbocycles. The fraction of sp³-hybridized carbons (Fsp3) is 0.250. The van der Waals surface area contributed by atoms with Crippen molar-refractivity contribution in [1.82, 2.24) is 5.32 Å². The molecule has 2 heterocycles. The number of benzene rings is 2. The van der Waals surface area contributed by atoms with Gasteiger partial charge in [0.25, 0.3) is 0 Å². The van der Waals surface area contributed by atoms with Crippen molar-refractivity contribution in [2.24, 2.45) is 22.6 Å². The van der Waals surface area contributed by atoms with Gasteiger partial charge in [0.15, 0.2) is 6.23 Å². The van der Waals surface area contributed by atoms with Gasteiger partial charge in [0.05, 0.1) is 12.0 Å². The van der Waals surface area contributed by atoms with Gasteiger partial charge in [-0.2, -0.15) is 0 Å². The number of hydrogen-bond donors (Lipinski definition) is 3. The Morgan fingerprint density at radius 2 is 1.89 bits per heavy atom. The maximum absolute atomic E-state index is 8.82. The molecule has 0 spiro atoms. The van der Waals surface area contributed by atoms with Crippen molar-refractivity contribution in [3.63, 3.8) is 0 Å². The third-order valence-electron chi connectivity index (χ3n) is 9.75. The van der Waals surface area contributed by atoms with Crippen LogP contribution in [0.4, 0.5) is 0 Å². The summed E-state index contributed by atoms with van der Waals surface area (Å²) >= 11 is 0. The van der Waals surface area contributed by atoms with Crippen LogP contribution in [0.1, 0.15) is 48.3 Å². The van der Waals surface area contributed by atoms with Gasteiger partial charge in [-0.25, -0.2) is 0 Å². The lowest BCUT2D eigenvalue weighted by Crippen LogP contribution is -2.36. The number of allylic oxidation sites excluding steroid dienone is 9. The summed E-state index contributed by atoms with van der Waals surface area (Å²) < 4.78 is 12.5. The highest BCUT2D eigenvalue weighted by Crippen LogP contribution is 2.48. The lowest BCUT2D eigenvalue weighted by molar-refractivity contribution is 0.149. The largest absolute Gasteiger partial charge is 0.485 e. The molecule has 0 radical (unpaired) electrons. The molecule has 230 valence electrons. The van der Waals surface area contributed by atoms with Gasteiger partial charge >= 0.3 is 0 Å². The minimum atomic E-state index is -0.678. The van der Waals surface area contributed by atoms with Crippen molar-refractivity contribution in [1.29, 1.82) is 5.41 Å². The first-order valence-electron chi connectivity index (χ1n) is 16.3. The number of hydrogen-bond acceptors (Lipinski definition) is 6. The van der Waals surface area contributed by atoms with E-state index >= 15 is 0 Å². The van der Waals surface area contributed by atoms with E-state index < -0.39 is 6.23 Å². The van der Waals surface area contributed by atoms with Crippen LogP contribution in [-0.4, -0.2) is 30.1 Å². The number of ether oxygens (including phenoxy) is 2. The van der Waals surface area contributed by atoms with Crippen LogP contribution >= 0.6 is 0 Å². The quantitative estimate of drug-likeness (QED) is 0.183. The van der Waals surface area contributed by atoms with E-state index in [2.05, 4.69) is 96.4 Å². The smallest absolute Gasteiger partial charge is 0.214 e. The molecule has 6 heteroatoms. The number of amidine groups is 1. The van der Waals surface area contributed by atoms with E-state index in [1.165, 1.54) is 16.7 Å². The Balaban J connectivity index is 0.991. The molecule has 2 aromatic carbocycles. The minimum absolute atomic E-state index is 0.00537. The summed E-state index contributed by atoms with van der Waals surface area (Å²) in [6, 6.07) is 16.3. The first-order chi connectivity index (χ1) is 22.6. The Bertz CT molecular complexity index is 1840.